The summed E-state index contributed by atoms with van der Waals surface area (Å²) in [7, 11) is 0. The maximum absolute atomic E-state index is 12.3. The van der Waals surface area contributed by atoms with E-state index in [9.17, 15) is 4.79 Å². The van der Waals surface area contributed by atoms with E-state index >= 15 is 0 Å². The molecular formula is C21H42IN5O2. The zero-order valence-corrected chi connectivity index (χ0v) is 20.8. The lowest BCUT2D eigenvalue weighted by Gasteiger charge is -2.38. The number of rotatable bonds is 12. The number of carbonyl (C=O) groups is 1. The molecule has 0 unspecified atom stereocenters. The quantitative estimate of drug-likeness (QED) is 0.178. The summed E-state index contributed by atoms with van der Waals surface area (Å²) in [5, 5.41) is 6.73. The second-order valence-corrected chi connectivity index (χ2v) is 7.80. The molecule has 2 N–H and O–H groups in total. The topological polar surface area (TPSA) is 69.2 Å². The first-order valence-electron chi connectivity index (χ1n) is 11.4. The Balaban J connectivity index is 0.00000420. The monoisotopic (exact) mass is 523 g/mol. The summed E-state index contributed by atoms with van der Waals surface area (Å²) < 4.78 is 5.58. The Hall–Kier alpha value is -0.610. The molecule has 0 bridgehead atoms. The molecule has 29 heavy (non-hydrogen) atoms. The van der Waals surface area contributed by atoms with Gasteiger partial charge in [-0.15, -0.1) is 24.0 Å². The molecule has 0 atom stereocenters. The fourth-order valence-corrected chi connectivity index (χ4v) is 3.49. The third-order valence-electron chi connectivity index (χ3n) is 5.56. The van der Waals surface area contributed by atoms with Gasteiger partial charge in [0.1, 0.15) is 0 Å². The van der Waals surface area contributed by atoms with Crippen molar-refractivity contribution in [1.29, 1.82) is 0 Å². The van der Waals surface area contributed by atoms with Crippen molar-refractivity contribution in [2.45, 2.75) is 52.4 Å². The number of halogens is 1. The van der Waals surface area contributed by atoms with Crippen molar-refractivity contribution in [2.75, 3.05) is 65.6 Å². The minimum Gasteiger partial charge on any atom is -0.381 e. The summed E-state index contributed by atoms with van der Waals surface area (Å²) >= 11 is 0. The van der Waals surface area contributed by atoms with Gasteiger partial charge in [-0.25, -0.2) is 0 Å². The number of nitrogens with zero attached hydrogens (tertiary/aromatic N) is 3. The van der Waals surface area contributed by atoms with Crippen LogP contribution < -0.4 is 10.6 Å². The number of aliphatic imine (C=N–C) groups is 1. The Bertz CT molecular complexity index is 466. The van der Waals surface area contributed by atoms with Crippen LogP contribution in [0.5, 0.6) is 0 Å². The molecule has 1 saturated heterocycles. The lowest BCUT2D eigenvalue weighted by molar-refractivity contribution is -0.139. The van der Waals surface area contributed by atoms with Crippen molar-refractivity contribution in [3.8, 4) is 0 Å². The average molecular weight is 524 g/mol. The minimum atomic E-state index is 0. The Morgan fingerprint density at radius 2 is 1.79 bits per heavy atom. The molecule has 0 aromatic carbocycles. The average Bonchev–Trinajstić information content (AvgIpc) is 2.66. The summed E-state index contributed by atoms with van der Waals surface area (Å²) in [6, 6.07) is 0. The molecule has 2 rings (SSSR count). The molecule has 0 radical (unpaired) electrons. The second-order valence-electron chi connectivity index (χ2n) is 7.80. The van der Waals surface area contributed by atoms with Crippen LogP contribution in [0.4, 0.5) is 0 Å². The van der Waals surface area contributed by atoms with Crippen molar-refractivity contribution >= 4 is 35.8 Å². The van der Waals surface area contributed by atoms with E-state index < -0.39 is 0 Å². The third kappa shape index (κ3) is 10.3. The molecular weight excluding hydrogens is 481 g/mol. The number of carbonyl (C=O) groups excluding carboxylic acids is 1. The molecule has 0 aromatic rings. The Kier molecular flexibility index (Phi) is 14.7. The summed E-state index contributed by atoms with van der Waals surface area (Å²) in [6.45, 7) is 13.1. The van der Waals surface area contributed by atoms with Crippen molar-refractivity contribution in [2.24, 2.45) is 10.9 Å². The van der Waals surface area contributed by atoms with Gasteiger partial charge in [0.25, 0.3) is 0 Å². The second kappa shape index (κ2) is 16.1. The van der Waals surface area contributed by atoms with Crippen LogP contribution in [-0.4, -0.2) is 87.2 Å². The molecule has 1 aliphatic heterocycles. The van der Waals surface area contributed by atoms with Gasteiger partial charge in [-0.2, -0.15) is 0 Å². The highest BCUT2D eigenvalue weighted by Crippen LogP contribution is 2.28. The van der Waals surface area contributed by atoms with E-state index in [4.69, 9.17) is 4.74 Å². The molecule has 170 valence electrons. The van der Waals surface area contributed by atoms with E-state index in [1.807, 2.05) is 0 Å². The van der Waals surface area contributed by atoms with Crippen LogP contribution in [0.15, 0.2) is 4.99 Å². The van der Waals surface area contributed by atoms with Gasteiger partial charge in [-0.05, 0) is 32.6 Å². The summed E-state index contributed by atoms with van der Waals surface area (Å²) in [6.07, 6.45) is 6.69. The van der Waals surface area contributed by atoms with Crippen LogP contribution in [0, 0.1) is 5.92 Å². The Labute approximate surface area is 194 Å². The zero-order valence-electron chi connectivity index (χ0n) is 18.5. The first kappa shape index (κ1) is 26.4. The van der Waals surface area contributed by atoms with Crippen LogP contribution in [0.2, 0.25) is 0 Å². The van der Waals surface area contributed by atoms with E-state index in [0.717, 1.165) is 97.2 Å². The van der Waals surface area contributed by atoms with E-state index in [2.05, 4.69) is 39.3 Å². The predicted molar refractivity (Wildman–Crippen MR) is 130 cm³/mol. The lowest BCUT2D eigenvalue weighted by Crippen LogP contribution is -2.52. The first-order chi connectivity index (χ1) is 13.7. The van der Waals surface area contributed by atoms with Gasteiger partial charge >= 0.3 is 0 Å². The van der Waals surface area contributed by atoms with Crippen LogP contribution in [0.3, 0.4) is 0 Å². The number of unbranched alkanes of at least 4 members (excludes halogenated alkanes) is 1. The van der Waals surface area contributed by atoms with Crippen LogP contribution in [0.1, 0.15) is 52.4 Å². The van der Waals surface area contributed by atoms with Gasteiger partial charge in [-0.3, -0.25) is 14.7 Å². The summed E-state index contributed by atoms with van der Waals surface area (Å²) in [4.78, 5) is 21.5. The maximum Gasteiger partial charge on any atom is 0.225 e. The van der Waals surface area contributed by atoms with E-state index in [0.29, 0.717) is 11.8 Å². The highest BCUT2D eigenvalue weighted by molar-refractivity contribution is 14.0. The zero-order chi connectivity index (χ0) is 20.0. The number of piperazine rings is 1. The number of hydrogen-bond donors (Lipinski definition) is 2. The molecule has 2 fully saturated rings. The molecule has 0 spiro atoms. The number of hydrogen-bond acceptors (Lipinski definition) is 4. The highest BCUT2D eigenvalue weighted by Gasteiger charge is 2.30. The van der Waals surface area contributed by atoms with Gasteiger partial charge in [-0.1, -0.05) is 19.8 Å². The molecule has 2 aliphatic rings. The van der Waals surface area contributed by atoms with Crippen molar-refractivity contribution in [3.05, 3.63) is 0 Å². The van der Waals surface area contributed by atoms with Crippen LogP contribution >= 0.6 is 24.0 Å². The third-order valence-corrected chi connectivity index (χ3v) is 5.56. The van der Waals surface area contributed by atoms with Gasteiger partial charge in [0.15, 0.2) is 5.96 Å². The van der Waals surface area contributed by atoms with Gasteiger partial charge in [0, 0.05) is 71.5 Å². The fourth-order valence-electron chi connectivity index (χ4n) is 3.49. The SMILES string of the molecule is CCCCOCCCN=C(NCC)NCCN1CCN(C(=O)C2CCC2)CC1.I. The standard InChI is InChI=1S/C21H41N5O2.HI/c1-3-5-17-28-18-7-10-23-21(22-4-2)24-11-12-25-13-15-26(16-14-25)20(27)19-8-6-9-19;/h19H,3-18H2,1-2H3,(H2,22,23,24);1H. The maximum atomic E-state index is 12.3. The number of guanidine groups is 1. The van der Waals surface area contributed by atoms with Crippen molar-refractivity contribution in [3.63, 3.8) is 0 Å². The predicted octanol–water partition coefficient (Wildman–Crippen LogP) is 2.31. The fraction of sp³-hybridized carbons (Fsp3) is 0.905. The normalized spacial score (nSPS) is 18.1. The summed E-state index contributed by atoms with van der Waals surface area (Å²) in [5.41, 5.74) is 0. The van der Waals surface area contributed by atoms with E-state index in [-0.39, 0.29) is 24.0 Å². The molecule has 1 aliphatic carbocycles. The molecule has 1 heterocycles. The van der Waals surface area contributed by atoms with Crippen LogP contribution in [-0.2, 0) is 9.53 Å². The van der Waals surface area contributed by atoms with Crippen molar-refractivity contribution < 1.29 is 9.53 Å². The molecule has 7 nitrogen and oxygen atoms in total. The van der Waals surface area contributed by atoms with Gasteiger partial charge in [0.2, 0.25) is 5.91 Å². The first-order valence-corrected chi connectivity index (χ1v) is 11.4. The Morgan fingerprint density at radius 3 is 2.41 bits per heavy atom. The minimum absolute atomic E-state index is 0. The highest BCUT2D eigenvalue weighted by atomic mass is 127. The van der Waals surface area contributed by atoms with Gasteiger partial charge in [0.05, 0.1) is 0 Å². The number of amides is 1. The lowest BCUT2D eigenvalue weighted by atomic mass is 9.84. The number of nitrogens with one attached hydrogen (secondary N) is 2. The van der Waals surface area contributed by atoms with E-state index in [1.54, 1.807) is 0 Å². The Morgan fingerprint density at radius 1 is 1.07 bits per heavy atom. The van der Waals surface area contributed by atoms with E-state index in [1.165, 1.54) is 12.8 Å². The number of ether oxygens (including phenoxy) is 1. The van der Waals surface area contributed by atoms with Crippen molar-refractivity contribution in [1.82, 2.24) is 20.4 Å². The van der Waals surface area contributed by atoms with Crippen LogP contribution in [0.25, 0.3) is 0 Å². The molecule has 0 aromatic heterocycles. The molecule has 1 amide bonds. The summed E-state index contributed by atoms with van der Waals surface area (Å²) in [5.74, 6) is 1.60. The smallest absolute Gasteiger partial charge is 0.225 e. The molecule has 8 heteroatoms. The largest absolute Gasteiger partial charge is 0.381 e. The van der Waals surface area contributed by atoms with Gasteiger partial charge < -0.3 is 20.3 Å². The molecule has 1 saturated carbocycles.